The van der Waals surface area contributed by atoms with Gasteiger partial charge in [-0.25, -0.2) is 0 Å². The molecule has 1 rings (SSSR count). The predicted octanol–water partition coefficient (Wildman–Crippen LogP) is 1.86. The molecule has 5 nitrogen and oxygen atoms in total. The van der Waals surface area contributed by atoms with E-state index in [1.165, 1.54) is 0 Å². The molecule has 0 heterocycles. The van der Waals surface area contributed by atoms with E-state index in [0.717, 1.165) is 11.3 Å². The Balaban J connectivity index is 2.91. The number of carbonyl (C=O) groups is 1. The third kappa shape index (κ3) is 3.87. The largest absolute Gasteiger partial charge is 0.497 e. The summed E-state index contributed by atoms with van der Waals surface area (Å²) >= 11 is 0. The first kappa shape index (κ1) is 16.3. The van der Waals surface area contributed by atoms with Crippen molar-refractivity contribution in [2.24, 2.45) is 11.7 Å². The molecule has 1 amide bonds. The van der Waals surface area contributed by atoms with Crippen molar-refractivity contribution in [2.45, 2.75) is 32.9 Å². The molecule has 0 fully saturated rings. The van der Waals surface area contributed by atoms with Gasteiger partial charge in [-0.2, -0.15) is 0 Å². The molecule has 5 heteroatoms. The van der Waals surface area contributed by atoms with Crippen LogP contribution in [0.5, 0.6) is 11.5 Å². The van der Waals surface area contributed by atoms with Gasteiger partial charge in [-0.1, -0.05) is 13.8 Å². The summed E-state index contributed by atoms with van der Waals surface area (Å²) in [6.07, 6.45) is 0. The van der Waals surface area contributed by atoms with Gasteiger partial charge in [-0.05, 0) is 31.0 Å². The number of benzene rings is 1. The zero-order valence-corrected chi connectivity index (χ0v) is 12.8. The average molecular weight is 280 g/mol. The molecule has 0 aromatic heterocycles. The van der Waals surface area contributed by atoms with Crippen LogP contribution in [0.1, 0.15) is 32.4 Å². The van der Waals surface area contributed by atoms with Crippen molar-refractivity contribution >= 4 is 5.91 Å². The van der Waals surface area contributed by atoms with E-state index < -0.39 is 6.04 Å². The van der Waals surface area contributed by atoms with Crippen LogP contribution in [0.25, 0.3) is 0 Å². The molecular weight excluding hydrogens is 256 g/mol. The van der Waals surface area contributed by atoms with Gasteiger partial charge < -0.3 is 20.5 Å². The quantitative estimate of drug-likeness (QED) is 0.834. The zero-order chi connectivity index (χ0) is 15.3. The molecule has 0 aliphatic rings. The predicted molar refractivity (Wildman–Crippen MR) is 78.9 cm³/mol. The lowest BCUT2D eigenvalue weighted by Crippen LogP contribution is -2.44. The van der Waals surface area contributed by atoms with Gasteiger partial charge in [0.15, 0.2) is 0 Å². The van der Waals surface area contributed by atoms with Crippen LogP contribution in [0.15, 0.2) is 18.2 Å². The van der Waals surface area contributed by atoms with Crippen LogP contribution in [0.2, 0.25) is 0 Å². The maximum Gasteiger partial charge on any atom is 0.237 e. The molecule has 3 N–H and O–H groups in total. The van der Waals surface area contributed by atoms with Crippen molar-refractivity contribution in [3.8, 4) is 11.5 Å². The molecule has 0 radical (unpaired) electrons. The number of hydrogen-bond donors (Lipinski definition) is 2. The van der Waals surface area contributed by atoms with Crippen LogP contribution in [-0.2, 0) is 4.79 Å². The Kier molecular flexibility index (Phi) is 5.82. The highest BCUT2D eigenvalue weighted by molar-refractivity contribution is 5.82. The van der Waals surface area contributed by atoms with E-state index in [-0.39, 0.29) is 17.9 Å². The van der Waals surface area contributed by atoms with Crippen LogP contribution >= 0.6 is 0 Å². The fourth-order valence-electron chi connectivity index (χ4n) is 1.87. The topological polar surface area (TPSA) is 73.6 Å². The summed E-state index contributed by atoms with van der Waals surface area (Å²) in [5.41, 5.74) is 6.70. The highest BCUT2D eigenvalue weighted by Crippen LogP contribution is 2.29. The first-order valence-electron chi connectivity index (χ1n) is 6.68. The van der Waals surface area contributed by atoms with Gasteiger partial charge in [-0.3, -0.25) is 4.79 Å². The molecular formula is C15H24N2O3. The minimum Gasteiger partial charge on any atom is -0.497 e. The molecule has 0 saturated heterocycles. The van der Waals surface area contributed by atoms with E-state index in [2.05, 4.69) is 5.32 Å². The summed E-state index contributed by atoms with van der Waals surface area (Å²) in [5.74, 6) is 1.35. The highest BCUT2D eigenvalue weighted by Gasteiger charge is 2.21. The number of methoxy groups -OCH3 is 2. The summed E-state index contributed by atoms with van der Waals surface area (Å²) in [6.45, 7) is 5.73. The third-order valence-corrected chi connectivity index (χ3v) is 3.28. The van der Waals surface area contributed by atoms with Crippen LogP contribution < -0.4 is 20.5 Å². The smallest absolute Gasteiger partial charge is 0.237 e. The Morgan fingerprint density at radius 1 is 1.20 bits per heavy atom. The SMILES string of the molecule is COc1ccc(OC)c(C(C)NC(=O)C(N)C(C)C)c1. The third-order valence-electron chi connectivity index (χ3n) is 3.28. The van der Waals surface area contributed by atoms with Crippen molar-refractivity contribution in [3.05, 3.63) is 23.8 Å². The fourth-order valence-corrected chi connectivity index (χ4v) is 1.87. The van der Waals surface area contributed by atoms with Crippen LogP contribution in [-0.4, -0.2) is 26.2 Å². The van der Waals surface area contributed by atoms with Crippen molar-refractivity contribution in [1.82, 2.24) is 5.32 Å². The molecule has 1 aromatic carbocycles. The van der Waals surface area contributed by atoms with Gasteiger partial charge in [-0.15, -0.1) is 0 Å². The van der Waals surface area contributed by atoms with E-state index in [1.807, 2.05) is 39.0 Å². The number of carbonyl (C=O) groups excluding carboxylic acids is 1. The van der Waals surface area contributed by atoms with Crippen molar-refractivity contribution in [2.75, 3.05) is 14.2 Å². The van der Waals surface area contributed by atoms with Crippen LogP contribution in [0.4, 0.5) is 0 Å². The number of nitrogens with one attached hydrogen (secondary N) is 1. The van der Waals surface area contributed by atoms with Crippen molar-refractivity contribution < 1.29 is 14.3 Å². The van der Waals surface area contributed by atoms with E-state index >= 15 is 0 Å². The van der Waals surface area contributed by atoms with E-state index in [9.17, 15) is 4.79 Å². The maximum atomic E-state index is 12.0. The van der Waals surface area contributed by atoms with E-state index in [4.69, 9.17) is 15.2 Å². The Morgan fingerprint density at radius 3 is 2.35 bits per heavy atom. The van der Waals surface area contributed by atoms with Crippen molar-refractivity contribution in [1.29, 1.82) is 0 Å². The second-order valence-electron chi connectivity index (χ2n) is 5.11. The van der Waals surface area contributed by atoms with Gasteiger partial charge in [0.25, 0.3) is 0 Å². The number of nitrogens with two attached hydrogens (primary N) is 1. The molecule has 0 aliphatic heterocycles. The minimum absolute atomic E-state index is 0.0920. The molecule has 0 aliphatic carbocycles. The molecule has 0 saturated carbocycles. The number of hydrogen-bond acceptors (Lipinski definition) is 4. The van der Waals surface area contributed by atoms with Gasteiger partial charge in [0.2, 0.25) is 5.91 Å². The Bertz CT molecular complexity index is 460. The second kappa shape index (κ2) is 7.14. The average Bonchev–Trinajstić information content (AvgIpc) is 2.45. The summed E-state index contributed by atoms with van der Waals surface area (Å²) < 4.78 is 10.5. The van der Waals surface area contributed by atoms with Crippen molar-refractivity contribution in [3.63, 3.8) is 0 Å². The number of rotatable bonds is 6. The zero-order valence-electron chi connectivity index (χ0n) is 12.8. The van der Waals surface area contributed by atoms with Gasteiger partial charge in [0.1, 0.15) is 11.5 Å². The Hall–Kier alpha value is -1.75. The molecule has 112 valence electrons. The summed E-state index contributed by atoms with van der Waals surface area (Å²) in [4.78, 5) is 12.0. The molecule has 0 spiro atoms. The van der Waals surface area contributed by atoms with E-state index in [1.54, 1.807) is 14.2 Å². The molecule has 2 atom stereocenters. The van der Waals surface area contributed by atoms with Gasteiger partial charge >= 0.3 is 0 Å². The molecule has 1 aromatic rings. The first-order valence-corrected chi connectivity index (χ1v) is 6.68. The first-order chi connectivity index (χ1) is 9.40. The molecule has 20 heavy (non-hydrogen) atoms. The van der Waals surface area contributed by atoms with E-state index in [0.29, 0.717) is 5.75 Å². The highest BCUT2D eigenvalue weighted by atomic mass is 16.5. The molecule has 2 unspecified atom stereocenters. The normalized spacial score (nSPS) is 13.8. The van der Waals surface area contributed by atoms with Crippen LogP contribution in [0.3, 0.4) is 0 Å². The number of ether oxygens (including phenoxy) is 2. The maximum absolute atomic E-state index is 12.0. The summed E-state index contributed by atoms with van der Waals surface area (Å²) in [7, 11) is 3.20. The summed E-state index contributed by atoms with van der Waals surface area (Å²) in [6, 6.07) is 4.76. The van der Waals surface area contributed by atoms with Crippen LogP contribution in [0, 0.1) is 5.92 Å². The minimum atomic E-state index is -0.519. The lowest BCUT2D eigenvalue weighted by molar-refractivity contribution is -0.123. The Labute approximate surface area is 120 Å². The fraction of sp³-hybridized carbons (Fsp3) is 0.533. The molecule has 0 bridgehead atoms. The Morgan fingerprint density at radius 2 is 1.85 bits per heavy atom. The van der Waals surface area contributed by atoms with Gasteiger partial charge in [0, 0.05) is 5.56 Å². The van der Waals surface area contributed by atoms with Gasteiger partial charge in [0.05, 0.1) is 26.3 Å². The lowest BCUT2D eigenvalue weighted by atomic mass is 10.0. The summed E-state index contributed by atoms with van der Waals surface area (Å²) in [5, 5.41) is 2.90. The number of amides is 1. The standard InChI is InChI=1S/C15H24N2O3/c1-9(2)14(16)15(18)17-10(3)12-8-11(19-4)6-7-13(12)20-5/h6-10,14H,16H2,1-5H3,(H,17,18). The monoisotopic (exact) mass is 280 g/mol. The second-order valence-corrected chi connectivity index (χ2v) is 5.11. The lowest BCUT2D eigenvalue weighted by Gasteiger charge is -2.21.